The van der Waals surface area contributed by atoms with E-state index in [9.17, 15) is 0 Å². The molecule has 2 rings (SSSR count). The molecule has 1 fully saturated rings. The van der Waals surface area contributed by atoms with Crippen molar-refractivity contribution in [1.82, 2.24) is 10.6 Å². The normalized spacial score (nSPS) is 14.1. The minimum atomic E-state index is 0.628. The molecule has 6 heteroatoms. The molecule has 6 nitrogen and oxygen atoms in total. The Hall–Kier alpha value is -1.95. The molecule has 0 atom stereocenters. The Bertz CT molecular complexity index is 574. The molecule has 1 aliphatic carbocycles. The number of nitrogens with one attached hydrogen (secondary N) is 2. The van der Waals surface area contributed by atoms with E-state index in [1.807, 2.05) is 19.9 Å². The lowest BCUT2D eigenvalue weighted by atomic mass is 10.1. The van der Waals surface area contributed by atoms with Gasteiger partial charge >= 0.3 is 0 Å². The van der Waals surface area contributed by atoms with E-state index in [1.54, 1.807) is 7.05 Å². The van der Waals surface area contributed by atoms with E-state index in [1.165, 1.54) is 18.4 Å². The highest BCUT2D eigenvalue weighted by atomic mass is 16.5. The lowest BCUT2D eigenvalue weighted by Gasteiger charge is -2.14. The predicted octanol–water partition coefficient (Wildman–Crippen LogP) is 3.01. The maximum atomic E-state index is 5.69. The Balaban J connectivity index is 1.65. The Labute approximate surface area is 163 Å². The zero-order chi connectivity index (χ0) is 19.3. The first-order valence-corrected chi connectivity index (χ1v) is 10.2. The van der Waals surface area contributed by atoms with Crippen LogP contribution < -0.4 is 20.1 Å². The average molecular weight is 378 g/mol. The summed E-state index contributed by atoms with van der Waals surface area (Å²) in [5, 5.41) is 6.69. The number of rotatable bonds is 13. The van der Waals surface area contributed by atoms with Crippen LogP contribution in [0.25, 0.3) is 0 Å². The van der Waals surface area contributed by atoms with Gasteiger partial charge in [-0.25, -0.2) is 0 Å². The number of aliphatic imine (C=N–C) groups is 1. The van der Waals surface area contributed by atoms with Crippen molar-refractivity contribution in [3.63, 3.8) is 0 Å². The maximum Gasteiger partial charge on any atom is 0.190 e. The molecule has 0 amide bonds. The largest absolute Gasteiger partial charge is 0.490 e. The zero-order valence-corrected chi connectivity index (χ0v) is 17.1. The Kier molecular flexibility index (Phi) is 9.84. The van der Waals surface area contributed by atoms with Crippen molar-refractivity contribution in [2.45, 2.75) is 39.5 Å². The fourth-order valence-corrected chi connectivity index (χ4v) is 2.71. The Morgan fingerprint density at radius 3 is 2.52 bits per heavy atom. The number of guanidine groups is 1. The van der Waals surface area contributed by atoms with E-state index in [0.717, 1.165) is 62.5 Å². The number of nitrogens with zero attached hydrogens (tertiary/aromatic N) is 1. The summed E-state index contributed by atoms with van der Waals surface area (Å²) in [5.41, 5.74) is 1.21. The van der Waals surface area contributed by atoms with Gasteiger partial charge in [-0.1, -0.05) is 6.07 Å². The van der Waals surface area contributed by atoms with Gasteiger partial charge in [0.1, 0.15) is 0 Å². The monoisotopic (exact) mass is 377 g/mol. The van der Waals surface area contributed by atoms with Crippen molar-refractivity contribution in [2.75, 3.05) is 46.6 Å². The minimum absolute atomic E-state index is 0.628. The molecule has 0 unspecified atom stereocenters. The number of hydrogen-bond donors (Lipinski definition) is 2. The molecule has 0 aromatic heterocycles. The van der Waals surface area contributed by atoms with E-state index in [0.29, 0.717) is 13.2 Å². The van der Waals surface area contributed by atoms with Gasteiger partial charge in [-0.2, -0.15) is 0 Å². The predicted molar refractivity (Wildman–Crippen MR) is 110 cm³/mol. The van der Waals surface area contributed by atoms with Crippen molar-refractivity contribution in [3.05, 3.63) is 23.8 Å². The minimum Gasteiger partial charge on any atom is -0.490 e. The van der Waals surface area contributed by atoms with Crippen LogP contribution in [0.2, 0.25) is 0 Å². The first kappa shape index (κ1) is 21.4. The van der Waals surface area contributed by atoms with E-state index in [-0.39, 0.29) is 0 Å². The van der Waals surface area contributed by atoms with Gasteiger partial charge in [0.25, 0.3) is 0 Å². The third kappa shape index (κ3) is 8.52. The van der Waals surface area contributed by atoms with Crippen LogP contribution in [0, 0.1) is 5.92 Å². The second kappa shape index (κ2) is 12.4. The molecule has 1 aromatic rings. The molecule has 0 spiro atoms. The quantitative estimate of drug-likeness (QED) is 0.314. The smallest absolute Gasteiger partial charge is 0.190 e. The summed E-state index contributed by atoms with van der Waals surface area (Å²) < 4.78 is 17.0. The highest BCUT2D eigenvalue weighted by Gasteiger charge is 2.20. The van der Waals surface area contributed by atoms with Crippen LogP contribution in [0.5, 0.6) is 11.5 Å². The summed E-state index contributed by atoms with van der Waals surface area (Å²) in [4.78, 5) is 4.27. The number of ether oxygens (including phenoxy) is 3. The third-order valence-corrected chi connectivity index (χ3v) is 4.35. The fraction of sp³-hybridized carbons (Fsp3) is 0.667. The van der Waals surface area contributed by atoms with Crippen molar-refractivity contribution in [3.8, 4) is 11.5 Å². The second-order valence-corrected chi connectivity index (χ2v) is 6.69. The lowest BCUT2D eigenvalue weighted by molar-refractivity contribution is 0.123. The first-order valence-electron chi connectivity index (χ1n) is 10.2. The van der Waals surface area contributed by atoms with Crippen LogP contribution in [0.15, 0.2) is 23.2 Å². The van der Waals surface area contributed by atoms with Gasteiger partial charge in [0.2, 0.25) is 0 Å². The van der Waals surface area contributed by atoms with Crippen LogP contribution in [-0.2, 0) is 11.2 Å². The maximum absolute atomic E-state index is 5.69. The zero-order valence-electron chi connectivity index (χ0n) is 17.1. The van der Waals surface area contributed by atoms with Crippen LogP contribution in [-0.4, -0.2) is 52.5 Å². The fourth-order valence-electron chi connectivity index (χ4n) is 2.71. The van der Waals surface area contributed by atoms with Gasteiger partial charge in [-0.3, -0.25) is 4.99 Å². The highest BCUT2D eigenvalue weighted by molar-refractivity contribution is 5.79. The van der Waals surface area contributed by atoms with Gasteiger partial charge in [0.15, 0.2) is 17.5 Å². The summed E-state index contributed by atoms with van der Waals surface area (Å²) in [6, 6.07) is 6.13. The summed E-state index contributed by atoms with van der Waals surface area (Å²) in [5.74, 6) is 3.27. The summed E-state index contributed by atoms with van der Waals surface area (Å²) in [6.07, 6.45) is 4.56. The molecule has 1 saturated carbocycles. The lowest BCUT2D eigenvalue weighted by Crippen LogP contribution is -2.39. The third-order valence-electron chi connectivity index (χ3n) is 4.35. The molecule has 0 radical (unpaired) electrons. The van der Waals surface area contributed by atoms with E-state index in [2.05, 4.69) is 27.8 Å². The molecule has 0 saturated heterocycles. The van der Waals surface area contributed by atoms with Gasteiger partial charge in [0, 0.05) is 33.4 Å². The average Bonchev–Trinajstić information content (AvgIpc) is 3.49. The molecule has 0 bridgehead atoms. The summed E-state index contributed by atoms with van der Waals surface area (Å²) in [7, 11) is 1.79. The van der Waals surface area contributed by atoms with Crippen molar-refractivity contribution >= 4 is 5.96 Å². The van der Waals surface area contributed by atoms with Crippen LogP contribution in [0.1, 0.15) is 38.7 Å². The van der Waals surface area contributed by atoms with Crippen LogP contribution in [0.3, 0.4) is 0 Å². The molecule has 1 aliphatic rings. The molecule has 1 aromatic carbocycles. The molecule has 152 valence electrons. The van der Waals surface area contributed by atoms with Gasteiger partial charge in [-0.15, -0.1) is 0 Å². The topological polar surface area (TPSA) is 64.1 Å². The van der Waals surface area contributed by atoms with Gasteiger partial charge in [0.05, 0.1) is 13.2 Å². The summed E-state index contributed by atoms with van der Waals surface area (Å²) >= 11 is 0. The molecule has 0 heterocycles. The molecule has 2 N–H and O–H groups in total. The number of benzene rings is 1. The molecular formula is C21H35N3O3. The molecular weight excluding hydrogens is 342 g/mol. The Morgan fingerprint density at radius 1 is 1.07 bits per heavy atom. The van der Waals surface area contributed by atoms with Crippen molar-refractivity contribution < 1.29 is 14.2 Å². The van der Waals surface area contributed by atoms with Crippen molar-refractivity contribution in [2.24, 2.45) is 10.9 Å². The highest BCUT2D eigenvalue weighted by Crippen LogP contribution is 2.29. The van der Waals surface area contributed by atoms with Crippen LogP contribution >= 0.6 is 0 Å². The standard InChI is InChI=1S/C21H35N3O3/c1-4-26-19-10-9-17(15-20(19)27-5-2)11-13-24-21(22-3)23-12-6-14-25-16-18-7-8-18/h9-10,15,18H,4-8,11-14,16H2,1-3H3,(H2,22,23,24). The van der Waals surface area contributed by atoms with Crippen LogP contribution in [0.4, 0.5) is 0 Å². The number of hydrogen-bond acceptors (Lipinski definition) is 4. The van der Waals surface area contributed by atoms with Crippen molar-refractivity contribution in [1.29, 1.82) is 0 Å². The summed E-state index contributed by atoms with van der Waals surface area (Å²) in [6.45, 7) is 8.63. The first-order chi connectivity index (χ1) is 13.3. The second-order valence-electron chi connectivity index (χ2n) is 6.69. The molecule has 27 heavy (non-hydrogen) atoms. The van der Waals surface area contributed by atoms with E-state index >= 15 is 0 Å². The van der Waals surface area contributed by atoms with Gasteiger partial charge < -0.3 is 24.8 Å². The molecule has 0 aliphatic heterocycles. The Morgan fingerprint density at radius 2 is 1.81 bits per heavy atom. The van der Waals surface area contributed by atoms with Gasteiger partial charge in [-0.05, 0) is 63.1 Å². The van der Waals surface area contributed by atoms with E-state index < -0.39 is 0 Å². The van der Waals surface area contributed by atoms with E-state index in [4.69, 9.17) is 14.2 Å². The SMILES string of the molecule is CCOc1ccc(CCNC(=NC)NCCCOCC2CC2)cc1OCC.